The van der Waals surface area contributed by atoms with E-state index in [2.05, 4.69) is 0 Å². The van der Waals surface area contributed by atoms with E-state index >= 15 is 0 Å². The molecule has 4 heteroatoms. The Hall–Kier alpha value is -1.81. The smallest absolute Gasteiger partial charge is 0.330 e. The van der Waals surface area contributed by atoms with Crippen molar-refractivity contribution in [2.24, 2.45) is 0 Å². The highest BCUT2D eigenvalue weighted by molar-refractivity contribution is 7.13. The van der Waals surface area contributed by atoms with Gasteiger partial charge in [-0.1, -0.05) is 6.07 Å². The Kier molecular flexibility index (Phi) is 3.77. The average Bonchev–Trinajstić information content (AvgIpc) is 2.97. The van der Waals surface area contributed by atoms with E-state index in [0.717, 1.165) is 10.6 Å². The molecule has 0 saturated carbocycles. The number of ether oxygens (including phenoxy) is 1. The van der Waals surface area contributed by atoms with Gasteiger partial charge in [-0.25, -0.2) is 4.79 Å². The largest absolute Gasteiger partial charge is 0.463 e. The van der Waals surface area contributed by atoms with Gasteiger partial charge in [0.15, 0.2) is 0 Å². The van der Waals surface area contributed by atoms with E-state index in [-0.39, 0.29) is 5.97 Å². The van der Waals surface area contributed by atoms with Crippen molar-refractivity contribution in [2.75, 3.05) is 6.61 Å². The average molecular weight is 248 g/mol. The fraction of sp³-hybridized carbons (Fsp3) is 0.154. The number of carbonyl (C=O) groups excluding carboxylic acids is 1. The van der Waals surface area contributed by atoms with Gasteiger partial charge in [-0.15, -0.1) is 11.3 Å². The predicted octanol–water partition coefficient (Wildman–Crippen LogP) is 3.58. The molecule has 2 aromatic rings. The summed E-state index contributed by atoms with van der Waals surface area (Å²) in [7, 11) is 0. The Morgan fingerprint density at radius 3 is 3.06 bits per heavy atom. The summed E-state index contributed by atoms with van der Waals surface area (Å²) in [5, 5.41) is 1.99. The lowest BCUT2D eigenvalue weighted by molar-refractivity contribution is -0.137. The number of furan rings is 1. The molecule has 0 bridgehead atoms. The molecule has 0 unspecified atom stereocenters. The molecule has 0 fully saturated rings. The van der Waals surface area contributed by atoms with Crippen molar-refractivity contribution in [3.63, 3.8) is 0 Å². The van der Waals surface area contributed by atoms with Crippen LogP contribution in [-0.4, -0.2) is 12.6 Å². The van der Waals surface area contributed by atoms with Gasteiger partial charge >= 0.3 is 5.97 Å². The van der Waals surface area contributed by atoms with Crippen molar-refractivity contribution < 1.29 is 13.9 Å². The predicted molar refractivity (Wildman–Crippen MR) is 67.7 cm³/mol. The molecule has 0 aliphatic rings. The van der Waals surface area contributed by atoms with Crippen LogP contribution in [0.15, 0.2) is 40.1 Å². The Morgan fingerprint density at radius 2 is 2.35 bits per heavy atom. The minimum atomic E-state index is -0.360. The molecule has 0 spiro atoms. The van der Waals surface area contributed by atoms with Gasteiger partial charge in [0.1, 0.15) is 11.5 Å². The molecule has 88 valence electrons. The zero-order valence-electron chi connectivity index (χ0n) is 9.38. The maximum absolute atomic E-state index is 11.1. The fourth-order valence-corrected chi connectivity index (χ4v) is 2.02. The minimum absolute atomic E-state index is 0.360. The van der Waals surface area contributed by atoms with Crippen molar-refractivity contribution >= 4 is 23.4 Å². The lowest BCUT2D eigenvalue weighted by atomic mass is 10.3. The van der Waals surface area contributed by atoms with Gasteiger partial charge in [-0.2, -0.15) is 0 Å². The van der Waals surface area contributed by atoms with Crippen LogP contribution in [0.25, 0.3) is 16.7 Å². The number of esters is 1. The third kappa shape index (κ3) is 3.07. The zero-order valence-corrected chi connectivity index (χ0v) is 10.2. The van der Waals surface area contributed by atoms with Gasteiger partial charge < -0.3 is 9.15 Å². The SMILES string of the molecule is CCOC(=O)C=Cc1ccc(-c2cccs2)o1. The Labute approximate surface area is 103 Å². The molecule has 2 heterocycles. The first-order valence-corrected chi connectivity index (χ1v) is 6.16. The highest BCUT2D eigenvalue weighted by Crippen LogP contribution is 2.26. The number of carbonyl (C=O) groups is 1. The zero-order chi connectivity index (χ0) is 12.1. The van der Waals surface area contributed by atoms with Crippen molar-refractivity contribution in [3.8, 4) is 10.6 Å². The van der Waals surface area contributed by atoms with Gasteiger partial charge in [0.25, 0.3) is 0 Å². The van der Waals surface area contributed by atoms with E-state index in [1.807, 2.05) is 29.6 Å². The third-order valence-corrected chi connectivity index (χ3v) is 2.95. The normalized spacial score (nSPS) is 10.9. The number of hydrogen-bond donors (Lipinski definition) is 0. The molecule has 0 aliphatic heterocycles. The van der Waals surface area contributed by atoms with E-state index in [0.29, 0.717) is 12.4 Å². The molecule has 2 rings (SSSR count). The molecule has 2 aromatic heterocycles. The number of hydrogen-bond acceptors (Lipinski definition) is 4. The molecule has 0 saturated heterocycles. The standard InChI is InChI=1S/C13H12O3S/c1-2-15-13(14)8-6-10-5-7-11(16-10)12-4-3-9-17-12/h3-9H,2H2,1H3. The topological polar surface area (TPSA) is 39.4 Å². The molecule has 3 nitrogen and oxygen atoms in total. The summed E-state index contributed by atoms with van der Waals surface area (Å²) in [6.45, 7) is 2.15. The molecule has 0 radical (unpaired) electrons. The first-order valence-electron chi connectivity index (χ1n) is 5.28. The van der Waals surface area contributed by atoms with E-state index in [1.54, 1.807) is 24.3 Å². The lowest BCUT2D eigenvalue weighted by Crippen LogP contribution is -1.98. The molecule has 0 atom stereocenters. The van der Waals surface area contributed by atoms with Crippen molar-refractivity contribution in [1.29, 1.82) is 0 Å². The van der Waals surface area contributed by atoms with Crippen LogP contribution in [0, 0.1) is 0 Å². The Bertz CT molecular complexity index is 509. The fourth-order valence-electron chi connectivity index (χ4n) is 1.33. The van der Waals surface area contributed by atoms with Gasteiger partial charge in [-0.05, 0) is 36.6 Å². The Morgan fingerprint density at radius 1 is 1.47 bits per heavy atom. The van der Waals surface area contributed by atoms with Crippen molar-refractivity contribution in [1.82, 2.24) is 0 Å². The van der Waals surface area contributed by atoms with Gasteiger partial charge in [0, 0.05) is 6.08 Å². The minimum Gasteiger partial charge on any atom is -0.463 e. The second kappa shape index (κ2) is 5.50. The second-order valence-electron chi connectivity index (χ2n) is 3.26. The van der Waals surface area contributed by atoms with Crippen LogP contribution in [0.2, 0.25) is 0 Å². The second-order valence-corrected chi connectivity index (χ2v) is 4.21. The highest BCUT2D eigenvalue weighted by Gasteiger charge is 2.03. The van der Waals surface area contributed by atoms with Gasteiger partial charge in [-0.3, -0.25) is 0 Å². The van der Waals surface area contributed by atoms with Crippen LogP contribution in [0.5, 0.6) is 0 Å². The maximum atomic E-state index is 11.1. The summed E-state index contributed by atoms with van der Waals surface area (Å²) in [5.41, 5.74) is 0. The van der Waals surface area contributed by atoms with E-state index in [1.165, 1.54) is 6.08 Å². The Balaban J connectivity index is 2.06. The molecule has 17 heavy (non-hydrogen) atoms. The van der Waals surface area contributed by atoms with Gasteiger partial charge in [0.2, 0.25) is 0 Å². The van der Waals surface area contributed by atoms with E-state index in [4.69, 9.17) is 9.15 Å². The highest BCUT2D eigenvalue weighted by atomic mass is 32.1. The van der Waals surface area contributed by atoms with Crippen LogP contribution in [0.1, 0.15) is 12.7 Å². The van der Waals surface area contributed by atoms with Gasteiger partial charge in [0.05, 0.1) is 11.5 Å². The summed E-state index contributed by atoms with van der Waals surface area (Å²) >= 11 is 1.61. The van der Waals surface area contributed by atoms with Crippen molar-refractivity contribution in [2.45, 2.75) is 6.92 Å². The summed E-state index contributed by atoms with van der Waals surface area (Å²) in [6, 6.07) is 7.67. The molecular weight excluding hydrogens is 236 g/mol. The molecule has 0 aromatic carbocycles. The van der Waals surface area contributed by atoms with Crippen LogP contribution in [0.3, 0.4) is 0 Å². The molecule has 0 amide bonds. The first kappa shape index (κ1) is 11.7. The molecular formula is C13H12O3S. The summed E-state index contributed by atoms with van der Waals surface area (Å²) in [4.78, 5) is 12.2. The number of rotatable bonds is 4. The van der Waals surface area contributed by atoms with Crippen LogP contribution in [0.4, 0.5) is 0 Å². The van der Waals surface area contributed by atoms with Crippen LogP contribution >= 0.6 is 11.3 Å². The third-order valence-electron chi connectivity index (χ3n) is 2.06. The lowest BCUT2D eigenvalue weighted by Gasteiger charge is -1.93. The summed E-state index contributed by atoms with van der Waals surface area (Å²) in [5.74, 6) is 1.09. The quantitative estimate of drug-likeness (QED) is 0.613. The molecule has 0 N–H and O–H groups in total. The summed E-state index contributed by atoms with van der Waals surface area (Å²) in [6.07, 6.45) is 2.97. The van der Waals surface area contributed by atoms with E-state index < -0.39 is 0 Å². The van der Waals surface area contributed by atoms with Crippen LogP contribution in [-0.2, 0) is 9.53 Å². The molecule has 0 aliphatic carbocycles. The maximum Gasteiger partial charge on any atom is 0.330 e. The van der Waals surface area contributed by atoms with Crippen LogP contribution < -0.4 is 0 Å². The first-order chi connectivity index (χ1) is 8.29. The number of thiophene rings is 1. The van der Waals surface area contributed by atoms with E-state index in [9.17, 15) is 4.79 Å². The summed E-state index contributed by atoms with van der Waals surface area (Å²) < 4.78 is 10.3. The van der Waals surface area contributed by atoms with Crippen molar-refractivity contribution in [3.05, 3.63) is 41.5 Å². The monoisotopic (exact) mass is 248 g/mol.